The molecule has 0 heterocycles. The molecule has 0 aliphatic heterocycles. The van der Waals surface area contributed by atoms with Gasteiger partial charge in [-0.3, -0.25) is 14.8 Å². The summed E-state index contributed by atoms with van der Waals surface area (Å²) in [6, 6.07) is 21.4. The first-order valence-corrected chi connectivity index (χ1v) is 8.62. The lowest BCUT2D eigenvalue weighted by Gasteiger charge is -2.08. The van der Waals surface area contributed by atoms with Crippen molar-refractivity contribution < 1.29 is 14.8 Å². The zero-order valence-corrected chi connectivity index (χ0v) is 15.0. The average molecular weight is 381 g/mol. The van der Waals surface area contributed by atoms with Gasteiger partial charge in [0, 0.05) is 16.3 Å². The Morgan fingerprint density at radius 3 is 2.26 bits per heavy atom. The van der Waals surface area contributed by atoms with E-state index in [-0.39, 0.29) is 12.3 Å². The molecule has 0 atom stereocenters. The molecule has 0 aliphatic carbocycles. The fourth-order valence-electron chi connectivity index (χ4n) is 2.66. The van der Waals surface area contributed by atoms with Crippen molar-refractivity contribution in [1.29, 1.82) is 0 Å². The van der Waals surface area contributed by atoms with Gasteiger partial charge in [-0.2, -0.15) is 0 Å². The number of benzene rings is 3. The van der Waals surface area contributed by atoms with Gasteiger partial charge >= 0.3 is 0 Å². The number of hydroxylamine groups is 1. The Bertz CT molecular complexity index is 954. The summed E-state index contributed by atoms with van der Waals surface area (Å²) >= 11 is 5.84. The molecule has 0 aromatic heterocycles. The number of halogens is 1. The van der Waals surface area contributed by atoms with Gasteiger partial charge in [-0.15, -0.1) is 0 Å². The largest absolute Gasteiger partial charge is 0.326 e. The van der Waals surface area contributed by atoms with E-state index in [0.29, 0.717) is 16.3 Å². The van der Waals surface area contributed by atoms with Crippen molar-refractivity contribution in [2.45, 2.75) is 6.42 Å². The second kappa shape index (κ2) is 8.49. The standard InChI is InChI=1S/C21H17ClN2O3/c22-18-8-10-19(11-9-18)23-20(25)13-14-2-1-3-17(12-14)15-4-6-16(7-5-15)21(26)24-27/h1-12,27H,13H2,(H,23,25)(H,24,26). The minimum absolute atomic E-state index is 0.121. The lowest BCUT2D eigenvalue weighted by molar-refractivity contribution is -0.115. The van der Waals surface area contributed by atoms with E-state index in [1.165, 1.54) is 0 Å². The zero-order chi connectivity index (χ0) is 19.2. The van der Waals surface area contributed by atoms with Crippen LogP contribution in [-0.2, 0) is 11.2 Å². The molecule has 0 saturated carbocycles. The Morgan fingerprint density at radius 2 is 1.59 bits per heavy atom. The minimum Gasteiger partial charge on any atom is -0.326 e. The van der Waals surface area contributed by atoms with Crippen LogP contribution in [0.3, 0.4) is 0 Å². The number of nitrogens with one attached hydrogen (secondary N) is 2. The van der Waals surface area contributed by atoms with Crippen molar-refractivity contribution in [2.75, 3.05) is 5.32 Å². The summed E-state index contributed by atoms with van der Waals surface area (Å²) in [4.78, 5) is 23.6. The Morgan fingerprint density at radius 1 is 0.889 bits per heavy atom. The molecule has 3 rings (SSSR count). The van der Waals surface area contributed by atoms with E-state index in [1.807, 2.05) is 24.3 Å². The van der Waals surface area contributed by atoms with E-state index in [0.717, 1.165) is 16.7 Å². The Hall–Kier alpha value is -3.15. The number of hydrogen-bond donors (Lipinski definition) is 3. The van der Waals surface area contributed by atoms with Crippen LogP contribution in [0.15, 0.2) is 72.8 Å². The van der Waals surface area contributed by atoms with E-state index >= 15 is 0 Å². The third-order valence-electron chi connectivity index (χ3n) is 4.00. The lowest BCUT2D eigenvalue weighted by atomic mass is 10.0. The van der Waals surface area contributed by atoms with Gasteiger partial charge in [0.15, 0.2) is 0 Å². The fourth-order valence-corrected chi connectivity index (χ4v) is 2.79. The molecule has 27 heavy (non-hydrogen) atoms. The van der Waals surface area contributed by atoms with Crippen molar-refractivity contribution in [3.05, 3.63) is 88.9 Å². The van der Waals surface area contributed by atoms with E-state index in [1.54, 1.807) is 54.0 Å². The quantitative estimate of drug-likeness (QED) is 0.456. The maximum atomic E-state index is 12.3. The Kier molecular flexibility index (Phi) is 5.86. The summed E-state index contributed by atoms with van der Waals surface area (Å²) < 4.78 is 0. The molecular weight excluding hydrogens is 364 g/mol. The zero-order valence-electron chi connectivity index (χ0n) is 14.3. The van der Waals surface area contributed by atoms with Gasteiger partial charge in [0.1, 0.15) is 0 Å². The van der Waals surface area contributed by atoms with Gasteiger partial charge < -0.3 is 5.32 Å². The molecule has 136 valence electrons. The maximum Gasteiger partial charge on any atom is 0.274 e. The van der Waals surface area contributed by atoms with Crippen LogP contribution >= 0.6 is 11.6 Å². The minimum atomic E-state index is -0.561. The van der Waals surface area contributed by atoms with Crippen molar-refractivity contribution in [3.63, 3.8) is 0 Å². The summed E-state index contributed by atoms with van der Waals surface area (Å²) in [6.45, 7) is 0. The number of amides is 2. The number of anilines is 1. The van der Waals surface area contributed by atoms with Crippen molar-refractivity contribution in [3.8, 4) is 11.1 Å². The number of hydrogen-bond acceptors (Lipinski definition) is 3. The predicted molar refractivity (Wildman–Crippen MR) is 105 cm³/mol. The first-order chi connectivity index (χ1) is 13.0. The van der Waals surface area contributed by atoms with Crippen LogP contribution in [0.25, 0.3) is 11.1 Å². The molecule has 0 spiro atoms. The molecule has 0 radical (unpaired) electrons. The van der Waals surface area contributed by atoms with E-state index in [2.05, 4.69) is 5.32 Å². The molecule has 3 aromatic carbocycles. The molecule has 0 fully saturated rings. The number of carbonyl (C=O) groups is 2. The highest BCUT2D eigenvalue weighted by molar-refractivity contribution is 6.30. The molecular formula is C21H17ClN2O3. The molecule has 0 saturated heterocycles. The van der Waals surface area contributed by atoms with Crippen molar-refractivity contribution >= 4 is 29.1 Å². The lowest BCUT2D eigenvalue weighted by Crippen LogP contribution is -2.18. The van der Waals surface area contributed by atoms with Gasteiger partial charge in [0.05, 0.1) is 6.42 Å². The van der Waals surface area contributed by atoms with Crippen LogP contribution in [0.5, 0.6) is 0 Å². The third-order valence-corrected chi connectivity index (χ3v) is 4.25. The predicted octanol–water partition coefficient (Wildman–Crippen LogP) is 4.31. The van der Waals surface area contributed by atoms with Gasteiger partial charge in [-0.05, 0) is 53.1 Å². The van der Waals surface area contributed by atoms with Crippen molar-refractivity contribution in [1.82, 2.24) is 5.48 Å². The molecule has 0 bridgehead atoms. The first-order valence-electron chi connectivity index (χ1n) is 8.24. The van der Waals surface area contributed by atoms with Gasteiger partial charge in [0.2, 0.25) is 5.91 Å². The summed E-state index contributed by atoms with van der Waals surface area (Å²) in [7, 11) is 0. The first kappa shape index (κ1) is 18.6. The summed E-state index contributed by atoms with van der Waals surface area (Å²) in [6.07, 6.45) is 0.238. The van der Waals surface area contributed by atoms with Gasteiger partial charge in [0.25, 0.3) is 5.91 Å². The van der Waals surface area contributed by atoms with Crippen molar-refractivity contribution in [2.24, 2.45) is 0 Å². The van der Waals surface area contributed by atoms with Crippen LogP contribution in [0.2, 0.25) is 5.02 Å². The SMILES string of the molecule is O=C(Cc1cccc(-c2ccc(C(=O)NO)cc2)c1)Nc1ccc(Cl)cc1. The topological polar surface area (TPSA) is 78.4 Å². The molecule has 2 amide bonds. The second-order valence-corrected chi connectivity index (χ2v) is 6.39. The molecule has 0 aliphatic rings. The van der Waals surface area contributed by atoms with Gasteiger partial charge in [-0.1, -0.05) is 48.0 Å². The van der Waals surface area contributed by atoms with Gasteiger partial charge in [-0.25, -0.2) is 5.48 Å². The fraction of sp³-hybridized carbons (Fsp3) is 0.0476. The average Bonchev–Trinajstić information content (AvgIpc) is 2.69. The summed E-state index contributed by atoms with van der Waals surface area (Å²) in [5.74, 6) is -0.682. The second-order valence-electron chi connectivity index (χ2n) is 5.95. The van der Waals surface area contributed by atoms with Crippen LogP contribution < -0.4 is 10.8 Å². The van der Waals surface area contributed by atoms with Crippen LogP contribution in [0, 0.1) is 0 Å². The molecule has 0 unspecified atom stereocenters. The highest BCUT2D eigenvalue weighted by atomic mass is 35.5. The highest BCUT2D eigenvalue weighted by Crippen LogP contribution is 2.22. The van der Waals surface area contributed by atoms with Crippen LogP contribution in [0.4, 0.5) is 5.69 Å². The molecule has 3 aromatic rings. The monoisotopic (exact) mass is 380 g/mol. The maximum absolute atomic E-state index is 12.3. The number of rotatable bonds is 5. The van der Waals surface area contributed by atoms with E-state index < -0.39 is 5.91 Å². The molecule has 5 nitrogen and oxygen atoms in total. The molecule has 3 N–H and O–H groups in total. The summed E-state index contributed by atoms with van der Waals surface area (Å²) in [5.41, 5.74) is 5.37. The van der Waals surface area contributed by atoms with Crippen LogP contribution in [0.1, 0.15) is 15.9 Å². The summed E-state index contributed by atoms with van der Waals surface area (Å²) in [5, 5.41) is 12.1. The normalized spacial score (nSPS) is 10.3. The third kappa shape index (κ3) is 4.94. The Labute approximate surface area is 161 Å². The van der Waals surface area contributed by atoms with E-state index in [9.17, 15) is 9.59 Å². The Balaban J connectivity index is 1.70. The smallest absolute Gasteiger partial charge is 0.274 e. The van der Waals surface area contributed by atoms with E-state index in [4.69, 9.17) is 16.8 Å². The number of carbonyl (C=O) groups excluding carboxylic acids is 2. The molecule has 6 heteroatoms. The highest BCUT2D eigenvalue weighted by Gasteiger charge is 2.07. The van der Waals surface area contributed by atoms with Crippen LogP contribution in [-0.4, -0.2) is 17.0 Å².